The molecular weight excluding hydrogens is 294 g/mol. The molecule has 128 valence electrons. The molecule has 1 N–H and O–H groups in total. The smallest absolute Gasteiger partial charge is 0.163 e. The van der Waals surface area contributed by atoms with E-state index in [1.54, 1.807) is 7.11 Å². The molecule has 1 aliphatic rings. The normalized spacial score (nSPS) is 21.2. The van der Waals surface area contributed by atoms with E-state index in [2.05, 4.69) is 5.32 Å². The summed E-state index contributed by atoms with van der Waals surface area (Å²) in [6, 6.07) is 7.53. The predicted molar refractivity (Wildman–Crippen MR) is 89.8 cm³/mol. The van der Waals surface area contributed by atoms with Crippen molar-refractivity contribution in [2.24, 2.45) is 5.92 Å². The lowest BCUT2D eigenvalue weighted by molar-refractivity contribution is -0.141. The summed E-state index contributed by atoms with van der Waals surface area (Å²) >= 11 is 0. The Balaban J connectivity index is 2.10. The molecule has 1 heterocycles. The Hall–Kier alpha value is -1.59. The van der Waals surface area contributed by atoms with Crippen LogP contribution in [0.4, 0.5) is 5.69 Å². The summed E-state index contributed by atoms with van der Waals surface area (Å²) in [4.78, 5) is 12.2. The molecule has 2 rings (SSSR count). The molecule has 1 fully saturated rings. The summed E-state index contributed by atoms with van der Waals surface area (Å²) in [7, 11) is 1.64. The van der Waals surface area contributed by atoms with Crippen LogP contribution in [0, 0.1) is 5.92 Å². The number of benzene rings is 1. The van der Waals surface area contributed by atoms with E-state index >= 15 is 0 Å². The Morgan fingerprint density at radius 2 is 2.00 bits per heavy atom. The van der Waals surface area contributed by atoms with E-state index in [1.807, 2.05) is 52.0 Å². The number of ether oxygens (including phenoxy) is 3. The fourth-order valence-corrected chi connectivity index (χ4v) is 2.54. The first-order chi connectivity index (χ1) is 10.8. The number of hydrogen-bond donors (Lipinski definition) is 1. The molecule has 0 aliphatic carbocycles. The van der Waals surface area contributed by atoms with Crippen LogP contribution in [0.5, 0.6) is 5.75 Å². The van der Waals surface area contributed by atoms with Crippen molar-refractivity contribution >= 4 is 11.5 Å². The zero-order valence-corrected chi connectivity index (χ0v) is 14.6. The van der Waals surface area contributed by atoms with Gasteiger partial charge in [-0.2, -0.15) is 0 Å². The van der Waals surface area contributed by atoms with Gasteiger partial charge in [-0.3, -0.25) is 4.79 Å². The molecule has 2 atom stereocenters. The molecule has 0 radical (unpaired) electrons. The third kappa shape index (κ3) is 4.94. The Kier molecular flexibility index (Phi) is 5.65. The molecule has 0 unspecified atom stereocenters. The fourth-order valence-electron chi connectivity index (χ4n) is 2.54. The number of ketones is 1. The molecule has 1 aromatic carbocycles. The van der Waals surface area contributed by atoms with Gasteiger partial charge in [-0.15, -0.1) is 0 Å². The van der Waals surface area contributed by atoms with Crippen molar-refractivity contribution in [2.75, 3.05) is 19.0 Å². The van der Waals surface area contributed by atoms with E-state index in [0.717, 1.165) is 11.4 Å². The summed E-state index contributed by atoms with van der Waals surface area (Å²) in [5.74, 6) is 0.410. The van der Waals surface area contributed by atoms with Gasteiger partial charge in [0.1, 0.15) is 17.6 Å². The standard InChI is InChI=1S/C18H27NO4/c1-12(2)16(20)10-15(17-11-22-18(3,4)23-17)19-13-6-8-14(21-5)9-7-13/h6-9,12,15,17,19H,10-11H2,1-5H3/t15-,17+/m0/s1. The Morgan fingerprint density at radius 1 is 1.35 bits per heavy atom. The predicted octanol–water partition coefficient (Wildman–Crippen LogP) is 3.24. The van der Waals surface area contributed by atoms with Crippen molar-refractivity contribution in [2.45, 2.75) is 52.0 Å². The molecule has 0 amide bonds. The van der Waals surface area contributed by atoms with Crippen LogP contribution in [0.1, 0.15) is 34.1 Å². The van der Waals surface area contributed by atoms with E-state index < -0.39 is 5.79 Å². The minimum absolute atomic E-state index is 0.00509. The molecule has 1 aromatic rings. The molecule has 23 heavy (non-hydrogen) atoms. The zero-order chi connectivity index (χ0) is 17.0. The molecule has 1 aliphatic heterocycles. The number of anilines is 1. The van der Waals surface area contributed by atoms with Crippen LogP contribution in [0.3, 0.4) is 0 Å². The van der Waals surface area contributed by atoms with Gasteiger partial charge in [-0.1, -0.05) is 13.8 Å². The molecule has 5 heteroatoms. The topological polar surface area (TPSA) is 56.8 Å². The first-order valence-corrected chi connectivity index (χ1v) is 8.06. The summed E-state index contributed by atoms with van der Waals surface area (Å²) < 4.78 is 16.8. The largest absolute Gasteiger partial charge is 0.497 e. The number of rotatable bonds is 7. The monoisotopic (exact) mass is 321 g/mol. The Morgan fingerprint density at radius 3 is 2.48 bits per heavy atom. The zero-order valence-electron chi connectivity index (χ0n) is 14.6. The van der Waals surface area contributed by atoms with E-state index in [-0.39, 0.29) is 23.8 Å². The van der Waals surface area contributed by atoms with Gasteiger partial charge in [0.2, 0.25) is 0 Å². The van der Waals surface area contributed by atoms with E-state index in [0.29, 0.717) is 13.0 Å². The highest BCUT2D eigenvalue weighted by molar-refractivity contribution is 5.81. The molecule has 1 saturated heterocycles. The molecule has 5 nitrogen and oxygen atoms in total. The second kappa shape index (κ2) is 7.32. The summed E-state index contributed by atoms with van der Waals surface area (Å²) in [6.45, 7) is 8.10. The van der Waals surface area contributed by atoms with Crippen LogP contribution in [-0.4, -0.2) is 37.4 Å². The summed E-state index contributed by atoms with van der Waals surface area (Å²) in [5.41, 5.74) is 0.931. The minimum Gasteiger partial charge on any atom is -0.497 e. The van der Waals surface area contributed by atoms with Crippen LogP contribution < -0.4 is 10.1 Å². The van der Waals surface area contributed by atoms with E-state index in [9.17, 15) is 4.79 Å². The average molecular weight is 321 g/mol. The third-order valence-electron chi connectivity index (χ3n) is 3.99. The molecular formula is C18H27NO4. The van der Waals surface area contributed by atoms with Crippen molar-refractivity contribution in [1.82, 2.24) is 0 Å². The van der Waals surface area contributed by atoms with Crippen molar-refractivity contribution in [3.63, 3.8) is 0 Å². The highest BCUT2D eigenvalue weighted by atomic mass is 16.7. The van der Waals surface area contributed by atoms with Crippen LogP contribution in [0.25, 0.3) is 0 Å². The van der Waals surface area contributed by atoms with Gasteiger partial charge in [-0.05, 0) is 38.1 Å². The van der Waals surface area contributed by atoms with Crippen molar-refractivity contribution in [3.05, 3.63) is 24.3 Å². The maximum absolute atomic E-state index is 12.2. The number of Topliss-reactive ketones (excluding diaryl/α,β-unsaturated/α-hetero) is 1. The van der Waals surface area contributed by atoms with Crippen molar-refractivity contribution < 1.29 is 19.0 Å². The van der Waals surface area contributed by atoms with Gasteiger partial charge in [0.05, 0.1) is 19.8 Å². The number of hydrogen-bond acceptors (Lipinski definition) is 5. The lowest BCUT2D eigenvalue weighted by atomic mass is 9.98. The summed E-state index contributed by atoms with van der Waals surface area (Å²) in [5, 5.41) is 3.41. The SMILES string of the molecule is COc1ccc(N[C@@H](CC(=O)C(C)C)[C@H]2COC(C)(C)O2)cc1. The lowest BCUT2D eigenvalue weighted by Gasteiger charge is -2.26. The Bertz CT molecular complexity index is 524. The first-order valence-electron chi connectivity index (χ1n) is 8.06. The van der Waals surface area contributed by atoms with Gasteiger partial charge in [0, 0.05) is 18.0 Å². The second-order valence-corrected chi connectivity index (χ2v) is 6.67. The quantitative estimate of drug-likeness (QED) is 0.835. The highest BCUT2D eigenvalue weighted by Crippen LogP contribution is 2.28. The minimum atomic E-state index is -0.606. The van der Waals surface area contributed by atoms with Gasteiger partial charge in [-0.25, -0.2) is 0 Å². The van der Waals surface area contributed by atoms with Crippen LogP contribution >= 0.6 is 0 Å². The first kappa shape index (κ1) is 17.8. The van der Waals surface area contributed by atoms with Gasteiger partial charge >= 0.3 is 0 Å². The average Bonchev–Trinajstić information content (AvgIpc) is 2.87. The maximum Gasteiger partial charge on any atom is 0.163 e. The number of carbonyl (C=O) groups is 1. The molecule has 0 spiro atoms. The number of methoxy groups -OCH3 is 1. The van der Waals surface area contributed by atoms with E-state index in [1.165, 1.54) is 0 Å². The number of nitrogens with one attached hydrogen (secondary N) is 1. The van der Waals surface area contributed by atoms with Crippen LogP contribution in [-0.2, 0) is 14.3 Å². The number of carbonyl (C=O) groups excluding carboxylic acids is 1. The fraction of sp³-hybridized carbons (Fsp3) is 0.611. The summed E-state index contributed by atoms with van der Waals surface area (Å²) in [6.07, 6.45) is 0.253. The van der Waals surface area contributed by atoms with Crippen LogP contribution in [0.15, 0.2) is 24.3 Å². The van der Waals surface area contributed by atoms with Gasteiger partial charge in [0.25, 0.3) is 0 Å². The Labute approximate surface area is 138 Å². The second-order valence-electron chi connectivity index (χ2n) is 6.67. The molecule has 0 saturated carbocycles. The van der Waals surface area contributed by atoms with Gasteiger partial charge in [0.15, 0.2) is 5.79 Å². The third-order valence-corrected chi connectivity index (χ3v) is 3.99. The lowest BCUT2D eigenvalue weighted by Crippen LogP contribution is -2.39. The van der Waals surface area contributed by atoms with Crippen molar-refractivity contribution in [3.8, 4) is 5.75 Å². The molecule has 0 aromatic heterocycles. The van der Waals surface area contributed by atoms with Crippen LogP contribution in [0.2, 0.25) is 0 Å². The molecule has 0 bridgehead atoms. The van der Waals surface area contributed by atoms with E-state index in [4.69, 9.17) is 14.2 Å². The van der Waals surface area contributed by atoms with Gasteiger partial charge < -0.3 is 19.5 Å². The maximum atomic E-state index is 12.2. The highest BCUT2D eigenvalue weighted by Gasteiger charge is 2.38. The van der Waals surface area contributed by atoms with Crippen molar-refractivity contribution in [1.29, 1.82) is 0 Å².